The van der Waals surface area contributed by atoms with Crippen molar-refractivity contribution in [3.63, 3.8) is 0 Å². The normalized spacial score (nSPS) is 15.1. The van der Waals surface area contributed by atoms with E-state index in [-0.39, 0.29) is 11.8 Å². The average Bonchev–Trinajstić information content (AvgIpc) is 2.65. The molecule has 10 heteroatoms. The van der Waals surface area contributed by atoms with Crippen LogP contribution in [0.25, 0.3) is 0 Å². The number of unbranched alkanes of at least 4 members (excludes halogenated alkanes) is 1. The molecule has 0 heterocycles. The molecule has 0 aromatic carbocycles. The number of nitrogens with two attached hydrogens (primary N) is 3. The van der Waals surface area contributed by atoms with Crippen molar-refractivity contribution in [2.24, 2.45) is 29.0 Å². The van der Waals surface area contributed by atoms with Gasteiger partial charge in [0, 0.05) is 0 Å². The van der Waals surface area contributed by atoms with Gasteiger partial charge in [0.2, 0.25) is 23.6 Å². The minimum Gasteiger partial charge on any atom is -0.368 e. The van der Waals surface area contributed by atoms with E-state index >= 15 is 0 Å². The van der Waals surface area contributed by atoms with Gasteiger partial charge in [0.05, 0.1) is 6.04 Å². The first-order valence-electron chi connectivity index (χ1n) is 11.0. The van der Waals surface area contributed by atoms with Gasteiger partial charge in [-0.05, 0) is 57.4 Å². The Bertz CT molecular complexity index is 596. The summed E-state index contributed by atoms with van der Waals surface area (Å²) in [5.41, 5.74) is 16.8. The zero-order valence-corrected chi connectivity index (χ0v) is 19.6. The van der Waals surface area contributed by atoms with Crippen LogP contribution < -0.4 is 33.2 Å². The summed E-state index contributed by atoms with van der Waals surface area (Å²) in [4.78, 5) is 49.2. The van der Waals surface area contributed by atoms with Gasteiger partial charge in [-0.3, -0.25) is 19.2 Å². The van der Waals surface area contributed by atoms with E-state index in [0.29, 0.717) is 38.6 Å². The smallest absolute Gasteiger partial charge is 0.243 e. The molecule has 180 valence electrons. The maximum Gasteiger partial charge on any atom is 0.243 e. The minimum atomic E-state index is -0.917. The van der Waals surface area contributed by atoms with Crippen molar-refractivity contribution in [3.05, 3.63) is 0 Å². The number of carbonyl (C=O) groups is 4. The number of nitrogens with one attached hydrogen (secondary N) is 3. The summed E-state index contributed by atoms with van der Waals surface area (Å²) in [5, 5.41) is 7.86. The van der Waals surface area contributed by atoms with Crippen molar-refractivity contribution in [1.29, 1.82) is 0 Å². The van der Waals surface area contributed by atoms with Gasteiger partial charge < -0.3 is 33.2 Å². The zero-order valence-electron chi connectivity index (χ0n) is 19.6. The number of primary amides is 1. The quantitative estimate of drug-likeness (QED) is 0.186. The van der Waals surface area contributed by atoms with Crippen molar-refractivity contribution in [1.82, 2.24) is 16.0 Å². The minimum absolute atomic E-state index is 0.153. The third-order valence-corrected chi connectivity index (χ3v) is 4.76. The van der Waals surface area contributed by atoms with Crippen LogP contribution in [0.2, 0.25) is 0 Å². The van der Waals surface area contributed by atoms with Crippen LogP contribution in [0, 0.1) is 11.8 Å². The molecule has 31 heavy (non-hydrogen) atoms. The fourth-order valence-electron chi connectivity index (χ4n) is 3.05. The maximum atomic E-state index is 12.8. The molecule has 0 saturated heterocycles. The van der Waals surface area contributed by atoms with E-state index in [2.05, 4.69) is 16.0 Å². The molecule has 0 aliphatic heterocycles. The van der Waals surface area contributed by atoms with Gasteiger partial charge >= 0.3 is 0 Å². The zero-order chi connectivity index (χ0) is 24.1. The fourth-order valence-corrected chi connectivity index (χ4v) is 3.05. The Morgan fingerprint density at radius 3 is 1.77 bits per heavy atom. The summed E-state index contributed by atoms with van der Waals surface area (Å²) >= 11 is 0. The third kappa shape index (κ3) is 12.3. The van der Waals surface area contributed by atoms with Gasteiger partial charge in [0.1, 0.15) is 18.1 Å². The second-order valence-corrected chi connectivity index (χ2v) is 8.91. The maximum absolute atomic E-state index is 12.8. The Morgan fingerprint density at radius 1 is 0.742 bits per heavy atom. The van der Waals surface area contributed by atoms with Crippen LogP contribution in [-0.2, 0) is 19.2 Å². The monoisotopic (exact) mass is 442 g/mol. The van der Waals surface area contributed by atoms with Crippen LogP contribution in [0.3, 0.4) is 0 Å². The molecule has 0 aliphatic carbocycles. The summed E-state index contributed by atoms with van der Waals surface area (Å²) in [6.07, 6.45) is 2.59. The molecule has 0 aromatic heterocycles. The molecule has 0 aliphatic rings. The molecule has 0 radical (unpaired) electrons. The van der Waals surface area contributed by atoms with E-state index in [9.17, 15) is 19.2 Å². The summed E-state index contributed by atoms with van der Waals surface area (Å²) in [6.45, 7) is 9.70. The SMILES string of the molecule is CC(C)CC(N)C(=O)NC(CCCCN)C(=O)NC(C)C(=O)NC(CC(C)C)C(N)=O. The Kier molecular flexibility index (Phi) is 13.7. The van der Waals surface area contributed by atoms with Gasteiger partial charge in [-0.2, -0.15) is 0 Å². The number of amides is 4. The van der Waals surface area contributed by atoms with Gasteiger partial charge in [0.25, 0.3) is 0 Å². The lowest BCUT2D eigenvalue weighted by atomic mass is 10.0. The molecule has 0 rings (SSSR count). The molecule has 9 N–H and O–H groups in total. The molecule has 4 atom stereocenters. The number of hydrogen-bond donors (Lipinski definition) is 6. The molecule has 0 spiro atoms. The predicted molar refractivity (Wildman–Crippen MR) is 120 cm³/mol. The highest BCUT2D eigenvalue weighted by atomic mass is 16.2. The van der Waals surface area contributed by atoms with Gasteiger partial charge in [-0.15, -0.1) is 0 Å². The number of hydrogen-bond acceptors (Lipinski definition) is 6. The molecule has 10 nitrogen and oxygen atoms in total. The molecular formula is C21H42N6O4. The van der Waals surface area contributed by atoms with Crippen molar-refractivity contribution >= 4 is 23.6 Å². The lowest BCUT2D eigenvalue weighted by Crippen LogP contribution is -2.56. The molecule has 4 amide bonds. The number of rotatable bonds is 15. The van der Waals surface area contributed by atoms with Gasteiger partial charge in [-0.25, -0.2) is 0 Å². The van der Waals surface area contributed by atoms with Crippen LogP contribution in [0.5, 0.6) is 0 Å². The highest BCUT2D eigenvalue weighted by Crippen LogP contribution is 2.07. The van der Waals surface area contributed by atoms with Gasteiger partial charge in [0.15, 0.2) is 0 Å². The third-order valence-electron chi connectivity index (χ3n) is 4.76. The van der Waals surface area contributed by atoms with Crippen LogP contribution >= 0.6 is 0 Å². The van der Waals surface area contributed by atoms with E-state index in [0.717, 1.165) is 0 Å². The first-order valence-corrected chi connectivity index (χ1v) is 11.0. The van der Waals surface area contributed by atoms with Crippen LogP contribution in [0.15, 0.2) is 0 Å². The molecule has 0 bridgehead atoms. The van der Waals surface area contributed by atoms with E-state index in [1.54, 1.807) is 0 Å². The van der Waals surface area contributed by atoms with Crippen molar-refractivity contribution in [3.8, 4) is 0 Å². The standard InChI is InChI=1S/C21H42N6O4/c1-12(2)10-15(23)20(30)26-16(8-6-7-9-22)21(31)25-14(5)19(29)27-17(18(24)28)11-13(3)4/h12-17H,6-11,22-23H2,1-5H3,(H2,24,28)(H,25,31)(H,26,30)(H,27,29). The van der Waals surface area contributed by atoms with E-state index < -0.39 is 47.8 Å². The largest absolute Gasteiger partial charge is 0.368 e. The Morgan fingerprint density at radius 2 is 1.29 bits per heavy atom. The summed E-state index contributed by atoms with van der Waals surface area (Å²) in [7, 11) is 0. The Balaban J connectivity index is 5.06. The van der Waals surface area contributed by atoms with Crippen molar-refractivity contribution < 1.29 is 19.2 Å². The summed E-state index contributed by atoms with van der Waals surface area (Å²) in [6, 6.07) is -3.30. The van der Waals surface area contributed by atoms with Crippen LogP contribution in [-0.4, -0.2) is 54.3 Å². The highest BCUT2D eigenvalue weighted by molar-refractivity contribution is 5.94. The first kappa shape index (κ1) is 28.8. The predicted octanol–water partition coefficient (Wildman–Crippen LogP) is -0.505. The molecule has 0 fully saturated rings. The van der Waals surface area contributed by atoms with Crippen molar-refractivity contribution in [2.45, 2.75) is 90.9 Å². The summed E-state index contributed by atoms with van der Waals surface area (Å²) in [5.74, 6) is -1.68. The van der Waals surface area contributed by atoms with Crippen molar-refractivity contribution in [2.75, 3.05) is 6.54 Å². The van der Waals surface area contributed by atoms with E-state index in [4.69, 9.17) is 17.2 Å². The number of carbonyl (C=O) groups excluding carboxylic acids is 4. The second-order valence-electron chi connectivity index (χ2n) is 8.91. The molecule has 0 aromatic rings. The lowest BCUT2D eigenvalue weighted by Gasteiger charge is -2.24. The molecular weight excluding hydrogens is 400 g/mol. The summed E-state index contributed by atoms with van der Waals surface area (Å²) < 4.78 is 0. The van der Waals surface area contributed by atoms with E-state index in [1.807, 2.05) is 27.7 Å². The van der Waals surface area contributed by atoms with Crippen LogP contribution in [0.4, 0.5) is 0 Å². The second kappa shape index (κ2) is 14.7. The van der Waals surface area contributed by atoms with E-state index in [1.165, 1.54) is 6.92 Å². The highest BCUT2D eigenvalue weighted by Gasteiger charge is 2.28. The fraction of sp³-hybridized carbons (Fsp3) is 0.810. The van der Waals surface area contributed by atoms with Gasteiger partial charge in [-0.1, -0.05) is 27.7 Å². The topological polar surface area (TPSA) is 182 Å². The van der Waals surface area contributed by atoms with Crippen LogP contribution in [0.1, 0.15) is 66.7 Å². The average molecular weight is 443 g/mol. The first-order chi connectivity index (χ1) is 14.4. The Hall–Kier alpha value is -2.20. The lowest BCUT2D eigenvalue weighted by molar-refractivity contribution is -0.133. The Labute approximate surface area is 185 Å². The molecule has 4 unspecified atom stereocenters. The molecule has 0 saturated carbocycles.